The molecule has 0 aromatic rings. The summed E-state index contributed by atoms with van der Waals surface area (Å²) in [4.78, 5) is 27.6. The first-order chi connectivity index (χ1) is 14.3. The van der Waals surface area contributed by atoms with Crippen molar-refractivity contribution < 1.29 is 24.3 Å². The predicted octanol–water partition coefficient (Wildman–Crippen LogP) is 4.73. The van der Waals surface area contributed by atoms with Gasteiger partial charge in [-0.1, -0.05) is 31.5 Å². The van der Waals surface area contributed by atoms with Gasteiger partial charge in [-0.2, -0.15) is 0 Å². The highest BCUT2D eigenvalue weighted by molar-refractivity contribution is 5.96. The molecule has 0 aromatic heterocycles. The summed E-state index contributed by atoms with van der Waals surface area (Å²) in [6.45, 7) is 6.28. The maximum Gasteiger partial charge on any atom is 0.344 e. The van der Waals surface area contributed by atoms with Crippen molar-refractivity contribution in [3.8, 4) is 0 Å². The number of hydrogen-bond donors (Lipinski definition) is 1. The molecule has 4 aliphatic carbocycles. The summed E-state index contributed by atoms with van der Waals surface area (Å²) < 4.78 is 5.89. The number of fused-ring (bicyclic) bond motifs is 5. The Kier molecular flexibility index (Phi) is 5.71. The average molecular weight is 418 g/mol. The van der Waals surface area contributed by atoms with E-state index in [0.717, 1.165) is 37.8 Å². The highest BCUT2D eigenvalue weighted by atomic mass is 16.6. The molecule has 4 rings (SSSR count). The minimum atomic E-state index is -1.00. The lowest BCUT2D eigenvalue weighted by atomic mass is 9.47. The van der Waals surface area contributed by atoms with E-state index in [1.165, 1.54) is 24.8 Å². The van der Waals surface area contributed by atoms with Crippen LogP contribution in [-0.2, 0) is 19.2 Å². The average Bonchev–Trinajstić information content (AvgIpc) is 3.04. The minimum absolute atomic E-state index is 0.0611. The Morgan fingerprint density at radius 3 is 2.67 bits per heavy atom. The third-order valence-corrected chi connectivity index (χ3v) is 8.82. The summed E-state index contributed by atoms with van der Waals surface area (Å²) in [5, 5.41) is 12.8. The summed E-state index contributed by atoms with van der Waals surface area (Å²) in [7, 11) is 0. The third kappa shape index (κ3) is 3.56. The molecule has 0 radical (unpaired) electrons. The van der Waals surface area contributed by atoms with Crippen molar-refractivity contribution in [3.05, 3.63) is 11.6 Å². The van der Waals surface area contributed by atoms with E-state index in [2.05, 4.69) is 25.1 Å². The normalized spacial score (nSPS) is 41.3. The quantitative estimate of drug-likeness (QED) is 0.516. The van der Waals surface area contributed by atoms with Crippen molar-refractivity contribution >= 4 is 17.7 Å². The summed E-state index contributed by atoms with van der Waals surface area (Å²) >= 11 is 0. The molecule has 6 atom stereocenters. The maximum atomic E-state index is 12.0. The van der Waals surface area contributed by atoms with Gasteiger partial charge in [0.2, 0.25) is 6.61 Å². The molecule has 0 aliphatic heterocycles. The lowest BCUT2D eigenvalue weighted by Crippen LogP contribution is -2.51. The summed E-state index contributed by atoms with van der Waals surface area (Å²) in [6, 6.07) is 0. The first kappa shape index (κ1) is 21.4. The zero-order valence-electron chi connectivity index (χ0n) is 18.5. The molecule has 0 unspecified atom stereocenters. The van der Waals surface area contributed by atoms with Gasteiger partial charge in [0.15, 0.2) is 0 Å². The van der Waals surface area contributed by atoms with Crippen molar-refractivity contribution in [1.29, 1.82) is 0 Å². The van der Waals surface area contributed by atoms with Crippen LogP contribution in [0, 0.1) is 28.6 Å². The zero-order chi connectivity index (χ0) is 21.5. The number of esters is 1. The van der Waals surface area contributed by atoms with Gasteiger partial charge >= 0.3 is 11.9 Å². The van der Waals surface area contributed by atoms with Crippen molar-refractivity contribution in [2.75, 3.05) is 6.61 Å². The lowest BCUT2D eigenvalue weighted by molar-refractivity contribution is -0.159. The fourth-order valence-electron chi connectivity index (χ4n) is 7.20. The van der Waals surface area contributed by atoms with Gasteiger partial charge in [-0.05, 0) is 80.6 Å². The van der Waals surface area contributed by atoms with E-state index in [9.17, 15) is 9.59 Å². The number of carboxylic acids is 1. The number of allylic oxidation sites excluding steroid dienone is 2. The van der Waals surface area contributed by atoms with Crippen molar-refractivity contribution in [1.82, 2.24) is 0 Å². The van der Waals surface area contributed by atoms with E-state index in [0.29, 0.717) is 24.2 Å². The monoisotopic (exact) mass is 417 g/mol. The fourth-order valence-corrected chi connectivity index (χ4v) is 7.20. The Bertz CT molecular complexity index is 774. The van der Waals surface area contributed by atoms with Gasteiger partial charge in [0.05, 0.1) is 5.71 Å². The van der Waals surface area contributed by atoms with Gasteiger partial charge < -0.3 is 14.7 Å². The number of carboxylic acid groups (broad SMARTS) is 1. The summed E-state index contributed by atoms with van der Waals surface area (Å²) in [6.07, 6.45) is 11.3. The molecule has 0 bridgehead atoms. The molecule has 0 aromatic carbocycles. The molecule has 4 aliphatic rings. The lowest BCUT2D eigenvalue weighted by Gasteiger charge is -2.58. The Hall–Kier alpha value is -1.85. The molecule has 1 N–H and O–H groups in total. The SMILES string of the molecule is CCC(=O)O[C@H]1CC[C@H]2[C@@H]3CCC4=C/C(=N/OCC(=O)O)CC[C@]4(C)[C@H]3CC[C@]12C. The Labute approximate surface area is 179 Å². The van der Waals surface area contributed by atoms with Gasteiger partial charge in [-0.3, -0.25) is 4.79 Å². The number of rotatable bonds is 5. The second kappa shape index (κ2) is 8.01. The van der Waals surface area contributed by atoms with Crippen LogP contribution >= 0.6 is 0 Å². The Morgan fingerprint density at radius 1 is 1.13 bits per heavy atom. The van der Waals surface area contributed by atoms with Crippen molar-refractivity contribution in [3.63, 3.8) is 0 Å². The number of nitrogens with zero attached hydrogens (tertiary/aromatic N) is 1. The zero-order valence-corrected chi connectivity index (χ0v) is 18.5. The van der Waals surface area contributed by atoms with E-state index in [1.807, 2.05) is 6.92 Å². The molecule has 0 amide bonds. The molecule has 3 fully saturated rings. The van der Waals surface area contributed by atoms with Gasteiger partial charge in [0.1, 0.15) is 6.10 Å². The molecule has 166 valence electrons. The number of carbonyl (C=O) groups excluding carboxylic acids is 1. The number of carbonyl (C=O) groups is 2. The molecule has 0 saturated heterocycles. The van der Waals surface area contributed by atoms with Crippen LogP contribution in [0.3, 0.4) is 0 Å². The summed E-state index contributed by atoms with van der Waals surface area (Å²) in [5.74, 6) is 0.931. The first-order valence-electron chi connectivity index (χ1n) is 11.6. The van der Waals surface area contributed by atoms with Crippen LogP contribution in [0.25, 0.3) is 0 Å². The molecule has 6 nitrogen and oxygen atoms in total. The fraction of sp³-hybridized carbons (Fsp3) is 0.792. The van der Waals surface area contributed by atoms with E-state index in [-0.39, 0.29) is 22.9 Å². The molecule has 30 heavy (non-hydrogen) atoms. The molecule has 0 heterocycles. The number of hydrogen-bond acceptors (Lipinski definition) is 5. The summed E-state index contributed by atoms with van der Waals surface area (Å²) in [5.41, 5.74) is 2.64. The maximum absolute atomic E-state index is 12.0. The van der Waals surface area contributed by atoms with Crippen LogP contribution < -0.4 is 0 Å². The highest BCUT2D eigenvalue weighted by Gasteiger charge is 2.59. The van der Waals surface area contributed by atoms with E-state index < -0.39 is 12.6 Å². The van der Waals surface area contributed by atoms with Crippen LogP contribution in [0.15, 0.2) is 16.8 Å². The van der Waals surface area contributed by atoms with Crippen LogP contribution in [0.1, 0.15) is 78.6 Å². The molecule has 6 heteroatoms. The standard InChI is InChI=1S/C24H35NO5/c1-4-22(28)30-20-8-7-18-17-6-5-15-13-16(25-29-14-21(26)27)9-11-23(15,2)19(17)10-12-24(18,20)3/h13,17-20H,4-12,14H2,1-3H3,(H,26,27)/b25-16+/t17-,18-,19-,20-,23-,24-/m0/s1. The third-order valence-electron chi connectivity index (χ3n) is 8.82. The number of aliphatic carboxylic acids is 1. The molecular formula is C24H35NO5. The van der Waals surface area contributed by atoms with E-state index in [1.54, 1.807) is 0 Å². The van der Waals surface area contributed by atoms with Crippen LogP contribution in [0.5, 0.6) is 0 Å². The van der Waals surface area contributed by atoms with Gasteiger partial charge in [0, 0.05) is 11.8 Å². The second-order valence-electron chi connectivity index (χ2n) is 10.2. The minimum Gasteiger partial charge on any atom is -0.479 e. The smallest absolute Gasteiger partial charge is 0.344 e. The van der Waals surface area contributed by atoms with E-state index >= 15 is 0 Å². The van der Waals surface area contributed by atoms with Crippen LogP contribution in [0.4, 0.5) is 0 Å². The van der Waals surface area contributed by atoms with Crippen LogP contribution in [-0.4, -0.2) is 35.5 Å². The second-order valence-corrected chi connectivity index (χ2v) is 10.2. The predicted molar refractivity (Wildman–Crippen MR) is 113 cm³/mol. The highest BCUT2D eigenvalue weighted by Crippen LogP contribution is 2.65. The van der Waals surface area contributed by atoms with Gasteiger partial charge in [-0.25, -0.2) is 4.79 Å². The first-order valence-corrected chi connectivity index (χ1v) is 11.6. The van der Waals surface area contributed by atoms with Gasteiger partial charge in [-0.15, -0.1) is 0 Å². The van der Waals surface area contributed by atoms with Crippen molar-refractivity contribution in [2.45, 2.75) is 84.7 Å². The van der Waals surface area contributed by atoms with E-state index in [4.69, 9.17) is 14.7 Å². The topological polar surface area (TPSA) is 85.2 Å². The molecule has 3 saturated carbocycles. The largest absolute Gasteiger partial charge is 0.479 e. The Balaban J connectivity index is 1.51. The van der Waals surface area contributed by atoms with Gasteiger partial charge in [0.25, 0.3) is 0 Å². The molecular weight excluding hydrogens is 382 g/mol. The Morgan fingerprint density at radius 2 is 1.93 bits per heavy atom. The van der Waals surface area contributed by atoms with Crippen molar-refractivity contribution in [2.24, 2.45) is 33.7 Å². The number of ether oxygens (including phenoxy) is 1. The molecule has 0 spiro atoms. The van der Waals surface area contributed by atoms with Crippen LogP contribution in [0.2, 0.25) is 0 Å². The number of oxime groups is 1.